The molecule has 0 fully saturated rings. The van der Waals surface area contributed by atoms with E-state index in [4.69, 9.17) is 4.42 Å². The second kappa shape index (κ2) is 5.49. The first-order valence-electron chi connectivity index (χ1n) is 7.48. The first-order valence-corrected chi connectivity index (χ1v) is 8.27. The van der Waals surface area contributed by atoms with Crippen molar-refractivity contribution in [2.45, 2.75) is 13.8 Å². The van der Waals surface area contributed by atoms with Gasteiger partial charge in [0.2, 0.25) is 0 Å². The molecule has 0 saturated carbocycles. The highest BCUT2D eigenvalue weighted by Crippen LogP contribution is 2.29. The maximum atomic E-state index is 12.5. The molecule has 0 aliphatic heterocycles. The second-order valence-electron chi connectivity index (χ2n) is 5.67. The van der Waals surface area contributed by atoms with Gasteiger partial charge >= 0.3 is 0 Å². The maximum Gasteiger partial charge on any atom is 0.273 e. The summed E-state index contributed by atoms with van der Waals surface area (Å²) >= 11 is 3.44. The van der Waals surface area contributed by atoms with Crippen molar-refractivity contribution in [2.75, 3.05) is 0 Å². The van der Waals surface area contributed by atoms with Gasteiger partial charge in [-0.3, -0.25) is 9.89 Å². The largest absolute Gasteiger partial charge is 0.460 e. The Hall–Kier alpha value is -2.60. The summed E-state index contributed by atoms with van der Waals surface area (Å²) in [6, 6.07) is 13.1. The average molecular weight is 384 g/mol. The molecule has 0 unspecified atom stereocenters. The van der Waals surface area contributed by atoms with E-state index in [-0.39, 0.29) is 5.56 Å². The zero-order valence-electron chi connectivity index (χ0n) is 13.1. The van der Waals surface area contributed by atoms with Crippen LogP contribution in [0.4, 0.5) is 0 Å². The minimum absolute atomic E-state index is 0.171. The van der Waals surface area contributed by atoms with Crippen LogP contribution in [-0.4, -0.2) is 14.6 Å². The van der Waals surface area contributed by atoms with Crippen molar-refractivity contribution >= 4 is 21.6 Å². The minimum Gasteiger partial charge on any atom is -0.460 e. The number of H-pyrrole nitrogens is 1. The summed E-state index contributed by atoms with van der Waals surface area (Å²) in [6.45, 7) is 3.80. The Morgan fingerprint density at radius 2 is 1.88 bits per heavy atom. The van der Waals surface area contributed by atoms with Crippen LogP contribution >= 0.6 is 15.9 Å². The van der Waals surface area contributed by atoms with Gasteiger partial charge in [-0.2, -0.15) is 0 Å². The van der Waals surface area contributed by atoms with Gasteiger partial charge in [-0.1, -0.05) is 28.1 Å². The molecule has 24 heavy (non-hydrogen) atoms. The fourth-order valence-corrected chi connectivity index (χ4v) is 3.07. The molecule has 6 heteroatoms. The molecule has 1 aromatic carbocycles. The van der Waals surface area contributed by atoms with Crippen LogP contribution in [0, 0.1) is 13.8 Å². The number of benzene rings is 1. The second-order valence-corrected chi connectivity index (χ2v) is 6.58. The van der Waals surface area contributed by atoms with Crippen LogP contribution in [0.25, 0.3) is 28.2 Å². The summed E-state index contributed by atoms with van der Waals surface area (Å²) < 4.78 is 8.08. The van der Waals surface area contributed by atoms with E-state index in [0.29, 0.717) is 17.1 Å². The molecule has 0 aliphatic carbocycles. The molecule has 4 rings (SSSR count). The van der Waals surface area contributed by atoms with Crippen molar-refractivity contribution in [1.29, 1.82) is 0 Å². The van der Waals surface area contributed by atoms with Crippen molar-refractivity contribution in [3.8, 4) is 22.6 Å². The molecule has 3 heterocycles. The molecule has 120 valence electrons. The molecular formula is C18H14BrN3O2. The summed E-state index contributed by atoms with van der Waals surface area (Å²) in [7, 11) is 0. The summed E-state index contributed by atoms with van der Waals surface area (Å²) in [6.07, 6.45) is 0. The van der Waals surface area contributed by atoms with Crippen LogP contribution < -0.4 is 5.56 Å². The number of nitrogens with zero attached hydrogens (tertiary/aromatic N) is 2. The van der Waals surface area contributed by atoms with Gasteiger partial charge in [-0.25, -0.2) is 9.50 Å². The molecule has 0 radical (unpaired) electrons. The Balaban J connectivity index is 2.00. The van der Waals surface area contributed by atoms with Gasteiger partial charge in [-0.05, 0) is 43.7 Å². The number of furan rings is 1. The van der Waals surface area contributed by atoms with Crippen molar-refractivity contribution < 1.29 is 4.42 Å². The fourth-order valence-electron chi connectivity index (χ4n) is 2.81. The van der Waals surface area contributed by atoms with Gasteiger partial charge in [0.1, 0.15) is 11.5 Å². The number of aromatic nitrogens is 3. The van der Waals surface area contributed by atoms with Gasteiger partial charge in [0.15, 0.2) is 11.4 Å². The van der Waals surface area contributed by atoms with Crippen LogP contribution in [-0.2, 0) is 0 Å². The predicted octanol–water partition coefficient (Wildman–Crippen LogP) is 4.33. The van der Waals surface area contributed by atoms with Crippen molar-refractivity contribution in [1.82, 2.24) is 14.6 Å². The van der Waals surface area contributed by atoms with E-state index >= 15 is 0 Å². The molecule has 1 N–H and O–H groups in total. The predicted molar refractivity (Wildman–Crippen MR) is 96.1 cm³/mol. The number of rotatable bonds is 2. The highest BCUT2D eigenvalue weighted by molar-refractivity contribution is 9.10. The van der Waals surface area contributed by atoms with Crippen molar-refractivity contribution in [3.63, 3.8) is 0 Å². The first kappa shape index (κ1) is 15.0. The fraction of sp³-hybridized carbons (Fsp3) is 0.111. The smallest absolute Gasteiger partial charge is 0.273 e. The summed E-state index contributed by atoms with van der Waals surface area (Å²) in [4.78, 5) is 17.1. The summed E-state index contributed by atoms with van der Waals surface area (Å²) in [5.41, 5.74) is 3.74. The van der Waals surface area contributed by atoms with Gasteiger partial charge in [0.25, 0.3) is 5.56 Å². The topological polar surface area (TPSA) is 63.3 Å². The quantitative estimate of drug-likeness (QED) is 0.560. The highest BCUT2D eigenvalue weighted by Gasteiger charge is 2.16. The van der Waals surface area contributed by atoms with E-state index in [9.17, 15) is 4.79 Å². The molecule has 0 atom stereocenters. The van der Waals surface area contributed by atoms with E-state index in [1.54, 1.807) is 0 Å². The molecule has 0 amide bonds. The minimum atomic E-state index is -0.171. The average Bonchev–Trinajstić information content (AvgIpc) is 3.12. The van der Waals surface area contributed by atoms with Gasteiger partial charge in [-0.15, -0.1) is 0 Å². The van der Waals surface area contributed by atoms with Crippen LogP contribution in [0.3, 0.4) is 0 Å². The van der Waals surface area contributed by atoms with Crippen LogP contribution in [0.5, 0.6) is 0 Å². The van der Waals surface area contributed by atoms with Gasteiger partial charge < -0.3 is 4.42 Å². The number of nitrogens with one attached hydrogen (secondary N) is 1. The number of fused-ring (bicyclic) bond motifs is 1. The lowest BCUT2D eigenvalue weighted by Crippen LogP contribution is -2.14. The normalized spacial score (nSPS) is 11.3. The Bertz CT molecular complexity index is 1100. The van der Waals surface area contributed by atoms with Crippen LogP contribution in [0.15, 0.2) is 56.1 Å². The molecule has 5 nitrogen and oxygen atoms in total. The van der Waals surface area contributed by atoms with Gasteiger partial charge in [0.05, 0.1) is 0 Å². The number of aryl methyl sites for hydroxylation is 2. The number of aromatic amines is 1. The van der Waals surface area contributed by atoms with Gasteiger partial charge in [0, 0.05) is 21.8 Å². The highest BCUT2D eigenvalue weighted by atomic mass is 79.9. The molecule has 0 aliphatic rings. The SMILES string of the molecule is Cc1ccc(-c2cc(=O)n3[nH]c(C)c(-c4ccc(Br)cc4)c3n2)o1. The van der Waals surface area contributed by atoms with E-state index in [1.165, 1.54) is 10.6 Å². The summed E-state index contributed by atoms with van der Waals surface area (Å²) in [5, 5.41) is 3.09. The van der Waals surface area contributed by atoms with E-state index in [1.807, 2.05) is 50.2 Å². The van der Waals surface area contributed by atoms with E-state index < -0.39 is 0 Å². The molecule has 0 saturated heterocycles. The lowest BCUT2D eigenvalue weighted by atomic mass is 10.1. The number of hydrogen-bond donors (Lipinski definition) is 1. The number of halogens is 1. The zero-order valence-corrected chi connectivity index (χ0v) is 14.7. The lowest BCUT2D eigenvalue weighted by Gasteiger charge is -2.02. The standard InChI is InChI=1S/C18H14BrN3O2/c1-10-3-8-15(24-10)14-9-16(23)22-18(20-14)17(11(2)21-22)12-4-6-13(19)7-5-12/h3-9,21H,1-2H3. The number of hydrogen-bond acceptors (Lipinski definition) is 3. The first-order chi connectivity index (χ1) is 11.5. The Kier molecular flexibility index (Phi) is 3.42. The molecule has 4 aromatic rings. The summed E-state index contributed by atoms with van der Waals surface area (Å²) in [5.74, 6) is 1.37. The monoisotopic (exact) mass is 383 g/mol. The molecule has 0 bridgehead atoms. The zero-order chi connectivity index (χ0) is 16.8. The van der Waals surface area contributed by atoms with Crippen molar-refractivity contribution in [2.24, 2.45) is 0 Å². The van der Waals surface area contributed by atoms with Crippen molar-refractivity contribution in [3.05, 3.63) is 68.7 Å². The van der Waals surface area contributed by atoms with Crippen LogP contribution in [0.1, 0.15) is 11.5 Å². The molecule has 3 aromatic heterocycles. The van der Waals surface area contributed by atoms with Crippen LogP contribution in [0.2, 0.25) is 0 Å². The lowest BCUT2D eigenvalue weighted by molar-refractivity contribution is 0.546. The molecule has 0 spiro atoms. The third-order valence-corrected chi connectivity index (χ3v) is 4.45. The van der Waals surface area contributed by atoms with E-state index in [0.717, 1.165) is 27.1 Å². The Labute approximate surface area is 146 Å². The Morgan fingerprint density at radius 1 is 1.12 bits per heavy atom. The van der Waals surface area contributed by atoms with E-state index in [2.05, 4.69) is 26.0 Å². The maximum absolute atomic E-state index is 12.5. The Morgan fingerprint density at radius 3 is 2.54 bits per heavy atom. The molecular weight excluding hydrogens is 370 g/mol. The third-order valence-electron chi connectivity index (χ3n) is 3.92. The third kappa shape index (κ3) is 2.39.